The van der Waals surface area contributed by atoms with Crippen LogP contribution >= 0.6 is 15.9 Å². The van der Waals surface area contributed by atoms with E-state index in [1.807, 2.05) is 0 Å². The SMILES string of the molecule is Cc1ccc2c(c1)c1c(n2C)NC(Br)CC1. The van der Waals surface area contributed by atoms with Gasteiger partial charge in [0.1, 0.15) is 5.82 Å². The lowest BCUT2D eigenvalue weighted by molar-refractivity contribution is 0.779. The van der Waals surface area contributed by atoms with E-state index in [0.29, 0.717) is 4.95 Å². The maximum Gasteiger partial charge on any atom is 0.110 e. The molecular weight excluding hydrogens is 264 g/mol. The molecule has 0 aliphatic carbocycles. The molecule has 1 unspecified atom stereocenters. The Morgan fingerprint density at radius 2 is 2.25 bits per heavy atom. The Hall–Kier alpha value is -0.960. The average molecular weight is 279 g/mol. The Bertz CT molecular complexity index is 557. The molecule has 0 spiro atoms. The van der Waals surface area contributed by atoms with Crippen molar-refractivity contribution in [3.8, 4) is 0 Å². The number of rotatable bonds is 0. The van der Waals surface area contributed by atoms with E-state index in [9.17, 15) is 0 Å². The van der Waals surface area contributed by atoms with E-state index in [0.717, 1.165) is 12.8 Å². The number of benzene rings is 1. The first kappa shape index (κ1) is 10.2. The van der Waals surface area contributed by atoms with Crippen molar-refractivity contribution in [2.45, 2.75) is 24.7 Å². The van der Waals surface area contributed by atoms with Gasteiger partial charge in [-0.15, -0.1) is 0 Å². The van der Waals surface area contributed by atoms with E-state index in [1.54, 1.807) is 0 Å². The van der Waals surface area contributed by atoms with Crippen molar-refractivity contribution in [1.29, 1.82) is 0 Å². The minimum Gasteiger partial charge on any atom is -0.359 e. The lowest BCUT2D eigenvalue weighted by Crippen LogP contribution is -2.20. The first-order chi connectivity index (χ1) is 7.66. The molecular formula is C13H15BrN2. The second-order valence-electron chi connectivity index (χ2n) is 4.56. The molecule has 0 radical (unpaired) electrons. The van der Waals surface area contributed by atoms with E-state index < -0.39 is 0 Å². The number of nitrogens with zero attached hydrogens (tertiary/aromatic N) is 1. The van der Waals surface area contributed by atoms with Crippen LogP contribution in [0.3, 0.4) is 0 Å². The second-order valence-corrected chi connectivity index (χ2v) is 5.66. The van der Waals surface area contributed by atoms with Crippen LogP contribution in [-0.4, -0.2) is 9.52 Å². The fraction of sp³-hybridized carbons (Fsp3) is 0.385. The number of alkyl halides is 1. The summed E-state index contributed by atoms with van der Waals surface area (Å²) in [5.41, 5.74) is 4.13. The monoisotopic (exact) mass is 278 g/mol. The molecule has 1 aromatic carbocycles. The van der Waals surface area contributed by atoms with Gasteiger partial charge in [-0.1, -0.05) is 27.6 Å². The van der Waals surface area contributed by atoms with Crippen molar-refractivity contribution in [2.75, 3.05) is 5.32 Å². The van der Waals surface area contributed by atoms with Gasteiger partial charge in [0, 0.05) is 23.5 Å². The summed E-state index contributed by atoms with van der Waals surface area (Å²) < 4.78 is 2.26. The molecule has 1 aromatic heterocycles. The molecule has 1 aliphatic heterocycles. The molecule has 2 heterocycles. The number of anilines is 1. The third-order valence-electron chi connectivity index (χ3n) is 3.40. The van der Waals surface area contributed by atoms with Crippen LogP contribution in [0.5, 0.6) is 0 Å². The molecule has 16 heavy (non-hydrogen) atoms. The minimum absolute atomic E-state index is 0.407. The highest BCUT2D eigenvalue weighted by molar-refractivity contribution is 9.09. The number of aromatic nitrogens is 1. The highest BCUT2D eigenvalue weighted by Gasteiger charge is 2.21. The molecule has 3 heteroatoms. The minimum atomic E-state index is 0.407. The molecule has 84 valence electrons. The van der Waals surface area contributed by atoms with Crippen LogP contribution in [0.4, 0.5) is 5.82 Å². The van der Waals surface area contributed by atoms with Gasteiger partial charge in [0.15, 0.2) is 0 Å². The summed E-state index contributed by atoms with van der Waals surface area (Å²) in [5, 5.41) is 4.92. The summed E-state index contributed by atoms with van der Waals surface area (Å²) in [6.45, 7) is 2.16. The number of nitrogens with one attached hydrogen (secondary N) is 1. The Morgan fingerprint density at radius 1 is 1.44 bits per heavy atom. The molecule has 1 aliphatic rings. The molecule has 1 atom stereocenters. The van der Waals surface area contributed by atoms with Gasteiger partial charge in [0.25, 0.3) is 0 Å². The topological polar surface area (TPSA) is 17.0 Å². The highest BCUT2D eigenvalue weighted by atomic mass is 79.9. The molecule has 2 aromatic rings. The van der Waals surface area contributed by atoms with E-state index in [2.05, 4.69) is 58.0 Å². The standard InChI is InChI=1S/C13H15BrN2/c1-8-3-5-11-10(7-8)9-4-6-12(14)15-13(9)16(11)2/h3,5,7,12,15H,4,6H2,1-2H3. The van der Waals surface area contributed by atoms with Gasteiger partial charge in [0.2, 0.25) is 0 Å². The lowest BCUT2D eigenvalue weighted by atomic mass is 10.0. The van der Waals surface area contributed by atoms with Gasteiger partial charge in [-0.05, 0) is 31.9 Å². The fourth-order valence-electron chi connectivity index (χ4n) is 2.56. The maximum absolute atomic E-state index is 3.64. The number of hydrogen-bond donors (Lipinski definition) is 1. The summed E-state index contributed by atoms with van der Waals surface area (Å²) >= 11 is 3.64. The molecule has 1 N–H and O–H groups in total. The van der Waals surface area contributed by atoms with Crippen LogP contribution in [0, 0.1) is 6.92 Å². The van der Waals surface area contributed by atoms with Gasteiger partial charge in [-0.3, -0.25) is 0 Å². The highest BCUT2D eigenvalue weighted by Crippen LogP contribution is 2.35. The van der Waals surface area contributed by atoms with Gasteiger partial charge < -0.3 is 9.88 Å². The predicted molar refractivity (Wildman–Crippen MR) is 72.3 cm³/mol. The Labute approximate surface area is 104 Å². The third-order valence-corrected chi connectivity index (χ3v) is 4.09. The zero-order valence-corrected chi connectivity index (χ0v) is 11.1. The Kier molecular flexibility index (Phi) is 2.25. The second kappa shape index (κ2) is 3.52. The van der Waals surface area contributed by atoms with Gasteiger partial charge in [-0.25, -0.2) is 0 Å². The van der Waals surface area contributed by atoms with Crippen LogP contribution in [-0.2, 0) is 13.5 Å². The first-order valence-corrected chi connectivity index (χ1v) is 6.57. The van der Waals surface area contributed by atoms with Gasteiger partial charge in [-0.2, -0.15) is 0 Å². The van der Waals surface area contributed by atoms with Crippen LogP contribution in [0.1, 0.15) is 17.5 Å². The number of hydrogen-bond acceptors (Lipinski definition) is 1. The number of fused-ring (bicyclic) bond motifs is 3. The van der Waals surface area contributed by atoms with Crippen LogP contribution < -0.4 is 5.32 Å². The third kappa shape index (κ3) is 1.38. The number of aryl methyl sites for hydroxylation is 3. The van der Waals surface area contributed by atoms with E-state index in [-0.39, 0.29) is 0 Å². The molecule has 0 saturated heterocycles. The van der Waals surface area contributed by atoms with E-state index in [4.69, 9.17) is 0 Å². The molecule has 0 bridgehead atoms. The van der Waals surface area contributed by atoms with Crippen LogP contribution in [0.2, 0.25) is 0 Å². The molecule has 0 amide bonds. The molecule has 3 rings (SSSR count). The van der Waals surface area contributed by atoms with Crippen molar-refractivity contribution in [1.82, 2.24) is 4.57 Å². The smallest absolute Gasteiger partial charge is 0.110 e. The quantitative estimate of drug-likeness (QED) is 0.576. The van der Waals surface area contributed by atoms with Gasteiger partial charge >= 0.3 is 0 Å². The lowest BCUT2D eigenvalue weighted by Gasteiger charge is -2.21. The zero-order valence-electron chi connectivity index (χ0n) is 9.55. The summed E-state index contributed by atoms with van der Waals surface area (Å²) in [6.07, 6.45) is 2.30. The van der Waals surface area contributed by atoms with Crippen molar-refractivity contribution >= 4 is 32.7 Å². The fourth-order valence-corrected chi connectivity index (χ4v) is 3.01. The zero-order chi connectivity index (χ0) is 11.3. The van der Waals surface area contributed by atoms with Crippen molar-refractivity contribution in [3.05, 3.63) is 29.3 Å². The number of halogens is 1. The van der Waals surface area contributed by atoms with E-state index in [1.165, 1.54) is 27.8 Å². The van der Waals surface area contributed by atoms with E-state index >= 15 is 0 Å². The van der Waals surface area contributed by atoms with Crippen molar-refractivity contribution in [2.24, 2.45) is 7.05 Å². The largest absolute Gasteiger partial charge is 0.359 e. The summed E-state index contributed by atoms with van der Waals surface area (Å²) in [4.78, 5) is 0.407. The van der Waals surface area contributed by atoms with Gasteiger partial charge in [0.05, 0.1) is 4.95 Å². The molecule has 0 saturated carbocycles. The summed E-state index contributed by atoms with van der Waals surface area (Å²) in [6, 6.07) is 6.69. The first-order valence-electron chi connectivity index (χ1n) is 5.65. The van der Waals surface area contributed by atoms with Crippen LogP contribution in [0.15, 0.2) is 18.2 Å². The van der Waals surface area contributed by atoms with Crippen molar-refractivity contribution < 1.29 is 0 Å². The van der Waals surface area contributed by atoms with Crippen molar-refractivity contribution in [3.63, 3.8) is 0 Å². The van der Waals surface area contributed by atoms with Crippen LogP contribution in [0.25, 0.3) is 10.9 Å². The normalized spacial score (nSPS) is 19.6. The predicted octanol–water partition coefficient (Wildman–Crippen LogP) is 3.57. The molecule has 2 nitrogen and oxygen atoms in total. The average Bonchev–Trinajstić information content (AvgIpc) is 2.52. The molecule has 0 fully saturated rings. The Morgan fingerprint density at radius 3 is 3.06 bits per heavy atom. The summed E-state index contributed by atoms with van der Waals surface area (Å²) in [7, 11) is 2.13. The Balaban J connectivity index is 2.32. The maximum atomic E-state index is 3.64. The summed E-state index contributed by atoms with van der Waals surface area (Å²) in [5.74, 6) is 1.27.